The van der Waals surface area contributed by atoms with Gasteiger partial charge in [0, 0.05) is 12.1 Å². The third-order valence-electron chi connectivity index (χ3n) is 3.57. The first kappa shape index (κ1) is 21.0. The Hall–Kier alpha value is -2.31. The van der Waals surface area contributed by atoms with Crippen LogP contribution in [0.15, 0.2) is 42.5 Å². The minimum absolute atomic E-state index is 0.134. The van der Waals surface area contributed by atoms with E-state index in [1.165, 1.54) is 30.3 Å². The molecule has 0 aromatic heterocycles. The fourth-order valence-corrected chi connectivity index (χ4v) is 2.44. The number of carbonyl (C=O) groups excluding carboxylic acids is 2. The van der Waals surface area contributed by atoms with E-state index in [1.807, 2.05) is 0 Å². The monoisotopic (exact) mass is 412 g/mol. The van der Waals surface area contributed by atoms with Crippen molar-refractivity contribution in [2.24, 2.45) is 0 Å². The zero-order valence-corrected chi connectivity index (χ0v) is 15.9. The number of hydrogen-bond acceptors (Lipinski definition) is 3. The topological polar surface area (TPSA) is 67.4 Å². The van der Waals surface area contributed by atoms with Crippen LogP contribution in [0.2, 0.25) is 10.0 Å². The Labute approximate surface area is 166 Å². The molecule has 144 valence electrons. The van der Waals surface area contributed by atoms with Crippen LogP contribution in [0.4, 0.5) is 4.39 Å². The van der Waals surface area contributed by atoms with Crippen molar-refractivity contribution in [1.82, 2.24) is 10.6 Å². The van der Waals surface area contributed by atoms with Gasteiger partial charge in [0.1, 0.15) is 11.6 Å². The predicted molar refractivity (Wildman–Crippen MR) is 103 cm³/mol. The van der Waals surface area contributed by atoms with E-state index >= 15 is 0 Å². The number of nitrogens with one attached hydrogen (secondary N) is 2. The van der Waals surface area contributed by atoms with Crippen LogP contribution in [0.5, 0.6) is 5.75 Å². The summed E-state index contributed by atoms with van der Waals surface area (Å²) in [6.45, 7) is 0.801. The van der Waals surface area contributed by atoms with Gasteiger partial charge in [0.2, 0.25) is 5.91 Å². The molecule has 0 unspecified atom stereocenters. The number of amides is 2. The highest BCUT2D eigenvalue weighted by molar-refractivity contribution is 6.42. The first-order valence-electron chi connectivity index (χ1n) is 8.34. The molecule has 0 aliphatic heterocycles. The van der Waals surface area contributed by atoms with Crippen LogP contribution in [-0.4, -0.2) is 31.5 Å². The summed E-state index contributed by atoms with van der Waals surface area (Å²) < 4.78 is 18.2. The summed E-state index contributed by atoms with van der Waals surface area (Å²) >= 11 is 11.7. The number of carbonyl (C=O) groups is 2. The number of rotatable bonds is 9. The van der Waals surface area contributed by atoms with E-state index in [2.05, 4.69) is 10.6 Å². The molecule has 0 atom stereocenters. The smallest absolute Gasteiger partial charge is 0.251 e. The molecular formula is C19H19Cl2FN2O3. The SMILES string of the molecule is O=C(CNC(=O)c1ccc(Cl)c(Cl)c1)NCCCCOc1ccc(F)cc1. The second-order valence-electron chi connectivity index (χ2n) is 5.67. The molecule has 0 spiro atoms. The highest BCUT2D eigenvalue weighted by Crippen LogP contribution is 2.22. The van der Waals surface area contributed by atoms with Crippen molar-refractivity contribution in [3.63, 3.8) is 0 Å². The van der Waals surface area contributed by atoms with Gasteiger partial charge in [0.25, 0.3) is 5.91 Å². The number of hydrogen-bond donors (Lipinski definition) is 2. The van der Waals surface area contributed by atoms with Crippen LogP contribution in [-0.2, 0) is 4.79 Å². The van der Waals surface area contributed by atoms with E-state index < -0.39 is 5.91 Å². The fourth-order valence-electron chi connectivity index (χ4n) is 2.14. The highest BCUT2D eigenvalue weighted by atomic mass is 35.5. The highest BCUT2D eigenvalue weighted by Gasteiger charge is 2.09. The number of ether oxygens (including phenoxy) is 1. The van der Waals surface area contributed by atoms with Crippen molar-refractivity contribution in [2.75, 3.05) is 19.7 Å². The van der Waals surface area contributed by atoms with Crippen molar-refractivity contribution in [2.45, 2.75) is 12.8 Å². The minimum Gasteiger partial charge on any atom is -0.494 e. The van der Waals surface area contributed by atoms with Gasteiger partial charge in [-0.3, -0.25) is 9.59 Å². The maximum atomic E-state index is 12.8. The van der Waals surface area contributed by atoms with E-state index in [0.717, 1.165) is 6.42 Å². The molecule has 0 bridgehead atoms. The predicted octanol–water partition coefficient (Wildman–Crippen LogP) is 3.84. The van der Waals surface area contributed by atoms with E-state index in [1.54, 1.807) is 12.1 Å². The van der Waals surface area contributed by atoms with Gasteiger partial charge in [-0.1, -0.05) is 23.2 Å². The molecule has 0 saturated heterocycles. The summed E-state index contributed by atoms with van der Waals surface area (Å²) in [5.74, 6) is -0.402. The first-order valence-corrected chi connectivity index (χ1v) is 9.09. The summed E-state index contributed by atoms with van der Waals surface area (Å²) in [5, 5.41) is 5.86. The first-order chi connectivity index (χ1) is 13.0. The molecule has 0 heterocycles. The lowest BCUT2D eigenvalue weighted by molar-refractivity contribution is -0.120. The van der Waals surface area contributed by atoms with Crippen molar-refractivity contribution in [3.8, 4) is 5.75 Å². The zero-order valence-electron chi connectivity index (χ0n) is 14.4. The van der Waals surface area contributed by atoms with Crippen LogP contribution in [0.3, 0.4) is 0 Å². The summed E-state index contributed by atoms with van der Waals surface area (Å²) in [4.78, 5) is 23.7. The van der Waals surface area contributed by atoms with Crippen LogP contribution < -0.4 is 15.4 Å². The lowest BCUT2D eigenvalue weighted by Gasteiger charge is -2.08. The second-order valence-corrected chi connectivity index (χ2v) is 6.49. The van der Waals surface area contributed by atoms with E-state index in [-0.39, 0.29) is 23.3 Å². The summed E-state index contributed by atoms with van der Waals surface area (Å²) in [5.41, 5.74) is 0.329. The Kier molecular flexibility index (Phi) is 8.36. The number of benzene rings is 2. The Morgan fingerprint density at radius 2 is 1.70 bits per heavy atom. The van der Waals surface area contributed by atoms with Gasteiger partial charge in [0.15, 0.2) is 0 Å². The van der Waals surface area contributed by atoms with Gasteiger partial charge in [-0.2, -0.15) is 0 Å². The Morgan fingerprint density at radius 3 is 2.41 bits per heavy atom. The molecule has 2 N–H and O–H groups in total. The van der Waals surface area contributed by atoms with Gasteiger partial charge in [-0.25, -0.2) is 4.39 Å². The molecule has 0 radical (unpaired) electrons. The average molecular weight is 413 g/mol. The van der Waals surface area contributed by atoms with Crippen molar-refractivity contribution < 1.29 is 18.7 Å². The molecule has 2 aromatic rings. The third kappa shape index (κ3) is 7.45. The molecule has 27 heavy (non-hydrogen) atoms. The summed E-state index contributed by atoms with van der Waals surface area (Å²) in [6.07, 6.45) is 1.45. The molecule has 2 rings (SSSR count). The molecule has 2 amide bonds. The minimum atomic E-state index is -0.406. The molecule has 2 aromatic carbocycles. The van der Waals surface area contributed by atoms with Gasteiger partial charge < -0.3 is 15.4 Å². The van der Waals surface area contributed by atoms with E-state index in [9.17, 15) is 14.0 Å². The fraction of sp³-hybridized carbons (Fsp3) is 0.263. The van der Waals surface area contributed by atoms with E-state index in [0.29, 0.717) is 35.9 Å². The van der Waals surface area contributed by atoms with Gasteiger partial charge in [-0.05, 0) is 55.3 Å². The second kappa shape index (κ2) is 10.7. The Morgan fingerprint density at radius 1 is 0.963 bits per heavy atom. The van der Waals surface area contributed by atoms with Gasteiger partial charge in [0.05, 0.1) is 23.2 Å². The Balaban J connectivity index is 1.57. The maximum Gasteiger partial charge on any atom is 0.251 e. The largest absolute Gasteiger partial charge is 0.494 e. The summed E-state index contributed by atoms with van der Waals surface area (Å²) in [6, 6.07) is 10.3. The van der Waals surface area contributed by atoms with Crippen LogP contribution in [0.25, 0.3) is 0 Å². The number of halogens is 3. The van der Waals surface area contributed by atoms with Crippen molar-refractivity contribution in [3.05, 3.63) is 63.9 Å². The van der Waals surface area contributed by atoms with Crippen LogP contribution in [0.1, 0.15) is 23.2 Å². The normalized spacial score (nSPS) is 10.3. The van der Waals surface area contributed by atoms with Gasteiger partial charge in [-0.15, -0.1) is 0 Å². The maximum absolute atomic E-state index is 12.8. The lowest BCUT2D eigenvalue weighted by Crippen LogP contribution is -2.37. The molecule has 0 saturated carbocycles. The van der Waals surface area contributed by atoms with Gasteiger partial charge >= 0.3 is 0 Å². The standard InChI is InChI=1S/C19H19Cl2FN2O3/c20-16-8-3-13(11-17(16)21)19(26)24-12-18(25)23-9-1-2-10-27-15-6-4-14(22)5-7-15/h3-8,11H,1-2,9-10,12H2,(H,23,25)(H,24,26). The van der Waals surface area contributed by atoms with Crippen LogP contribution >= 0.6 is 23.2 Å². The van der Waals surface area contributed by atoms with Crippen LogP contribution in [0, 0.1) is 5.82 Å². The lowest BCUT2D eigenvalue weighted by atomic mass is 10.2. The zero-order chi connectivity index (χ0) is 19.6. The average Bonchev–Trinajstić information content (AvgIpc) is 2.66. The molecule has 8 heteroatoms. The molecule has 0 aliphatic rings. The molecule has 0 fully saturated rings. The summed E-state index contributed by atoms with van der Waals surface area (Å²) in [7, 11) is 0. The van der Waals surface area contributed by atoms with Crippen molar-refractivity contribution in [1.29, 1.82) is 0 Å². The third-order valence-corrected chi connectivity index (χ3v) is 4.31. The van der Waals surface area contributed by atoms with Crippen molar-refractivity contribution >= 4 is 35.0 Å². The molecule has 5 nitrogen and oxygen atoms in total. The quantitative estimate of drug-likeness (QED) is 0.614. The molecule has 0 aliphatic carbocycles. The number of unbranched alkanes of at least 4 members (excludes halogenated alkanes) is 1. The van der Waals surface area contributed by atoms with E-state index in [4.69, 9.17) is 27.9 Å². The Bertz CT molecular complexity index is 785. The molecular weight excluding hydrogens is 394 g/mol.